The Hall–Kier alpha value is -0.610. The number of rotatable bonds is 5. The van der Waals surface area contributed by atoms with Gasteiger partial charge in [0.15, 0.2) is 0 Å². The lowest BCUT2D eigenvalue weighted by Crippen LogP contribution is -2.46. The molecule has 1 aliphatic heterocycles. The first-order chi connectivity index (χ1) is 7.63. The van der Waals surface area contributed by atoms with Gasteiger partial charge in [-0.25, -0.2) is 0 Å². The van der Waals surface area contributed by atoms with Crippen LogP contribution in [0.3, 0.4) is 0 Å². The van der Waals surface area contributed by atoms with Crippen LogP contribution in [0.4, 0.5) is 0 Å². The van der Waals surface area contributed by atoms with Crippen molar-refractivity contribution in [3.63, 3.8) is 0 Å². The Balaban J connectivity index is 2.23. The SMILES string of the molecule is COCC(=O)NC[C@@H](C)N1CCC[C@@H](C)C1. The molecule has 0 aliphatic carbocycles. The van der Waals surface area contributed by atoms with Crippen molar-refractivity contribution >= 4 is 5.91 Å². The minimum atomic E-state index is -0.0283. The van der Waals surface area contributed by atoms with Crippen molar-refractivity contribution in [2.24, 2.45) is 5.92 Å². The lowest BCUT2D eigenvalue weighted by Gasteiger charge is -2.35. The number of amides is 1. The topological polar surface area (TPSA) is 41.6 Å². The maximum absolute atomic E-state index is 11.2. The molecule has 94 valence electrons. The predicted molar refractivity (Wildman–Crippen MR) is 64.3 cm³/mol. The fourth-order valence-electron chi connectivity index (χ4n) is 2.20. The van der Waals surface area contributed by atoms with Crippen LogP contribution >= 0.6 is 0 Å². The molecule has 0 radical (unpaired) electrons. The number of carbonyl (C=O) groups excluding carboxylic acids is 1. The Bertz CT molecular complexity index is 221. The number of likely N-dealkylation sites (tertiary alicyclic amines) is 1. The summed E-state index contributed by atoms with van der Waals surface area (Å²) in [7, 11) is 1.54. The van der Waals surface area contributed by atoms with Gasteiger partial charge in [0, 0.05) is 26.2 Å². The number of hydrogen-bond donors (Lipinski definition) is 1. The molecule has 1 fully saturated rings. The summed E-state index contributed by atoms with van der Waals surface area (Å²) in [5, 5.41) is 2.89. The molecular weight excluding hydrogens is 204 g/mol. The zero-order valence-corrected chi connectivity index (χ0v) is 10.7. The molecule has 4 heteroatoms. The quantitative estimate of drug-likeness (QED) is 0.759. The van der Waals surface area contributed by atoms with Crippen LogP contribution in [-0.4, -0.2) is 50.2 Å². The third-order valence-corrected chi connectivity index (χ3v) is 3.18. The molecule has 0 unspecified atom stereocenters. The normalized spacial score (nSPS) is 24.1. The van der Waals surface area contributed by atoms with Crippen molar-refractivity contribution in [1.29, 1.82) is 0 Å². The molecule has 1 heterocycles. The molecule has 1 N–H and O–H groups in total. The monoisotopic (exact) mass is 228 g/mol. The molecule has 4 nitrogen and oxygen atoms in total. The summed E-state index contributed by atoms with van der Waals surface area (Å²) in [6, 6.07) is 0.420. The van der Waals surface area contributed by atoms with Gasteiger partial charge in [-0.1, -0.05) is 6.92 Å². The van der Waals surface area contributed by atoms with Gasteiger partial charge in [0.05, 0.1) is 0 Å². The van der Waals surface area contributed by atoms with Gasteiger partial charge < -0.3 is 10.1 Å². The highest BCUT2D eigenvalue weighted by molar-refractivity contribution is 5.77. The molecule has 0 saturated carbocycles. The van der Waals surface area contributed by atoms with Crippen molar-refractivity contribution < 1.29 is 9.53 Å². The van der Waals surface area contributed by atoms with E-state index in [1.807, 2.05) is 0 Å². The summed E-state index contributed by atoms with van der Waals surface area (Å²) in [4.78, 5) is 13.7. The zero-order valence-electron chi connectivity index (χ0n) is 10.7. The highest BCUT2D eigenvalue weighted by atomic mass is 16.5. The Morgan fingerprint density at radius 2 is 2.38 bits per heavy atom. The average molecular weight is 228 g/mol. The summed E-state index contributed by atoms with van der Waals surface area (Å²) >= 11 is 0. The second-order valence-corrected chi connectivity index (χ2v) is 4.83. The summed E-state index contributed by atoms with van der Waals surface area (Å²) in [5.41, 5.74) is 0. The minimum absolute atomic E-state index is 0.0283. The maximum Gasteiger partial charge on any atom is 0.246 e. The van der Waals surface area contributed by atoms with E-state index in [0.29, 0.717) is 6.04 Å². The van der Waals surface area contributed by atoms with Crippen LogP contribution in [-0.2, 0) is 9.53 Å². The molecular formula is C12H24N2O2. The molecule has 0 spiro atoms. The van der Waals surface area contributed by atoms with Crippen LogP contribution in [0.1, 0.15) is 26.7 Å². The third kappa shape index (κ3) is 4.49. The minimum Gasteiger partial charge on any atom is -0.375 e. The summed E-state index contributed by atoms with van der Waals surface area (Å²) < 4.78 is 4.77. The van der Waals surface area contributed by atoms with Gasteiger partial charge in [0.25, 0.3) is 0 Å². The predicted octanol–water partition coefficient (Wildman–Crippen LogP) is 0.869. The van der Waals surface area contributed by atoms with Crippen LogP contribution in [0.15, 0.2) is 0 Å². The van der Waals surface area contributed by atoms with E-state index in [1.165, 1.54) is 20.0 Å². The standard InChI is InChI=1S/C12H24N2O2/c1-10-5-4-6-14(8-10)11(2)7-13-12(15)9-16-3/h10-11H,4-9H2,1-3H3,(H,13,15)/t10-,11-/m1/s1. The van der Waals surface area contributed by atoms with Crippen LogP contribution < -0.4 is 5.32 Å². The lowest BCUT2D eigenvalue weighted by atomic mass is 9.99. The van der Waals surface area contributed by atoms with Crippen molar-refractivity contribution in [1.82, 2.24) is 10.2 Å². The van der Waals surface area contributed by atoms with Crippen LogP contribution in [0, 0.1) is 5.92 Å². The van der Waals surface area contributed by atoms with Gasteiger partial charge in [-0.3, -0.25) is 9.69 Å². The molecule has 1 aliphatic rings. The Labute approximate surface area is 98.3 Å². The Kier molecular flexibility index (Phi) is 5.77. The third-order valence-electron chi connectivity index (χ3n) is 3.18. The van der Waals surface area contributed by atoms with Gasteiger partial charge in [0.1, 0.15) is 6.61 Å². The molecule has 0 aromatic carbocycles. The number of ether oxygens (including phenoxy) is 1. The summed E-state index contributed by atoms with van der Waals surface area (Å²) in [5.74, 6) is 0.755. The van der Waals surface area contributed by atoms with E-state index in [0.717, 1.165) is 25.6 Å². The molecule has 0 aromatic heterocycles. The fraction of sp³-hybridized carbons (Fsp3) is 0.917. The summed E-state index contributed by atoms with van der Waals surface area (Å²) in [6.07, 6.45) is 2.61. The maximum atomic E-state index is 11.2. The fourth-order valence-corrected chi connectivity index (χ4v) is 2.20. The van der Waals surface area contributed by atoms with E-state index in [9.17, 15) is 4.79 Å². The van der Waals surface area contributed by atoms with Crippen molar-refractivity contribution in [2.45, 2.75) is 32.7 Å². The van der Waals surface area contributed by atoms with Crippen molar-refractivity contribution in [3.05, 3.63) is 0 Å². The number of hydrogen-bond acceptors (Lipinski definition) is 3. The number of piperidine rings is 1. The highest BCUT2D eigenvalue weighted by Crippen LogP contribution is 2.17. The first-order valence-corrected chi connectivity index (χ1v) is 6.13. The first-order valence-electron chi connectivity index (χ1n) is 6.13. The van der Waals surface area contributed by atoms with Crippen molar-refractivity contribution in [3.8, 4) is 0 Å². The Morgan fingerprint density at radius 1 is 1.62 bits per heavy atom. The second kappa shape index (κ2) is 6.86. The van der Waals surface area contributed by atoms with Gasteiger partial charge in [-0.2, -0.15) is 0 Å². The molecule has 0 aromatic rings. The van der Waals surface area contributed by atoms with Gasteiger partial charge in [0.2, 0.25) is 5.91 Å². The van der Waals surface area contributed by atoms with Gasteiger partial charge in [-0.05, 0) is 32.2 Å². The molecule has 1 saturated heterocycles. The average Bonchev–Trinajstić information content (AvgIpc) is 2.26. The second-order valence-electron chi connectivity index (χ2n) is 4.83. The number of nitrogens with zero attached hydrogens (tertiary/aromatic N) is 1. The van der Waals surface area contributed by atoms with Crippen LogP contribution in [0.5, 0.6) is 0 Å². The van der Waals surface area contributed by atoms with Gasteiger partial charge in [-0.15, -0.1) is 0 Å². The van der Waals surface area contributed by atoms with E-state index >= 15 is 0 Å². The largest absolute Gasteiger partial charge is 0.375 e. The summed E-state index contributed by atoms with van der Waals surface area (Å²) in [6.45, 7) is 7.65. The van der Waals surface area contributed by atoms with E-state index in [-0.39, 0.29) is 12.5 Å². The lowest BCUT2D eigenvalue weighted by molar-refractivity contribution is -0.125. The highest BCUT2D eigenvalue weighted by Gasteiger charge is 2.20. The smallest absolute Gasteiger partial charge is 0.246 e. The first kappa shape index (κ1) is 13.5. The molecule has 0 bridgehead atoms. The molecule has 16 heavy (non-hydrogen) atoms. The van der Waals surface area contributed by atoms with Crippen molar-refractivity contribution in [2.75, 3.05) is 33.4 Å². The Morgan fingerprint density at radius 3 is 3.00 bits per heavy atom. The molecule has 2 atom stereocenters. The molecule has 1 amide bonds. The van der Waals surface area contributed by atoms with Gasteiger partial charge >= 0.3 is 0 Å². The van der Waals surface area contributed by atoms with E-state index < -0.39 is 0 Å². The zero-order chi connectivity index (χ0) is 12.0. The van der Waals surface area contributed by atoms with E-state index in [2.05, 4.69) is 24.1 Å². The van der Waals surface area contributed by atoms with E-state index in [4.69, 9.17) is 4.74 Å². The number of methoxy groups -OCH3 is 1. The van der Waals surface area contributed by atoms with Crippen LogP contribution in [0.2, 0.25) is 0 Å². The molecule has 1 rings (SSSR count). The van der Waals surface area contributed by atoms with E-state index in [1.54, 1.807) is 0 Å². The number of nitrogens with one attached hydrogen (secondary N) is 1. The van der Waals surface area contributed by atoms with Crippen LogP contribution in [0.25, 0.3) is 0 Å². The number of carbonyl (C=O) groups is 1.